The summed E-state index contributed by atoms with van der Waals surface area (Å²) in [4.78, 5) is 21.7. The molecule has 0 heterocycles. The first-order chi connectivity index (χ1) is 10.9. The van der Waals surface area contributed by atoms with Crippen LogP contribution >= 0.6 is 23.2 Å². The van der Waals surface area contributed by atoms with E-state index in [1.165, 1.54) is 18.2 Å². The largest absolute Gasteiger partial charge is 0.480 e. The van der Waals surface area contributed by atoms with Gasteiger partial charge in [0.25, 0.3) is 0 Å². The predicted molar refractivity (Wildman–Crippen MR) is 80.6 cm³/mol. The van der Waals surface area contributed by atoms with Crippen molar-refractivity contribution in [2.24, 2.45) is 0 Å². The number of hydrogen-bond acceptors (Lipinski definition) is 5. The van der Waals surface area contributed by atoms with Gasteiger partial charge in [-0.1, -0.05) is 23.2 Å². The van der Waals surface area contributed by atoms with Crippen LogP contribution in [0.2, 0.25) is 10.0 Å². The molecule has 0 aromatic heterocycles. The van der Waals surface area contributed by atoms with Gasteiger partial charge in [-0.05, 0) is 24.3 Å². The molecule has 0 aliphatic carbocycles. The molecule has 0 saturated carbocycles. The van der Waals surface area contributed by atoms with Crippen LogP contribution in [0.4, 0.5) is 10.1 Å². The van der Waals surface area contributed by atoms with E-state index in [1.807, 2.05) is 0 Å². The standard InChI is InChI=1S/C14H8Cl2FNO5/c15-8-1-4-12(10(16)5-8)22-7-14(19)23-13-6-9(17)2-3-11(13)18(20)21/h1-6H,7H2. The SMILES string of the molecule is O=C(COc1ccc(Cl)cc1Cl)Oc1cc(F)ccc1[N+](=O)[O-]. The van der Waals surface area contributed by atoms with Crippen molar-refractivity contribution in [2.75, 3.05) is 6.61 Å². The Morgan fingerprint density at radius 1 is 1.17 bits per heavy atom. The van der Waals surface area contributed by atoms with Crippen LogP contribution in [0, 0.1) is 15.9 Å². The van der Waals surface area contributed by atoms with Crippen LogP contribution in [-0.4, -0.2) is 17.5 Å². The second-order valence-corrected chi connectivity index (χ2v) is 5.05. The lowest BCUT2D eigenvalue weighted by atomic mass is 10.3. The highest BCUT2D eigenvalue weighted by Gasteiger charge is 2.19. The molecule has 0 fully saturated rings. The van der Waals surface area contributed by atoms with Crippen LogP contribution in [0.3, 0.4) is 0 Å². The average Bonchev–Trinajstić information content (AvgIpc) is 2.46. The zero-order chi connectivity index (χ0) is 17.0. The van der Waals surface area contributed by atoms with Gasteiger partial charge in [0.1, 0.15) is 11.6 Å². The summed E-state index contributed by atoms with van der Waals surface area (Å²) in [7, 11) is 0. The maximum Gasteiger partial charge on any atom is 0.349 e. The molecule has 0 aliphatic rings. The van der Waals surface area contributed by atoms with Crippen molar-refractivity contribution < 1.29 is 23.6 Å². The Balaban J connectivity index is 2.05. The molecule has 2 aromatic carbocycles. The Labute approximate surface area is 139 Å². The number of nitro benzene ring substituents is 1. The number of hydrogen-bond donors (Lipinski definition) is 0. The van der Waals surface area contributed by atoms with Gasteiger partial charge in [-0.3, -0.25) is 10.1 Å². The zero-order valence-corrected chi connectivity index (χ0v) is 12.8. The second-order valence-electron chi connectivity index (χ2n) is 4.21. The van der Waals surface area contributed by atoms with Crippen LogP contribution < -0.4 is 9.47 Å². The van der Waals surface area contributed by atoms with Crippen LogP contribution in [0.15, 0.2) is 36.4 Å². The van der Waals surface area contributed by atoms with Crippen molar-refractivity contribution in [2.45, 2.75) is 0 Å². The Bertz CT molecular complexity index is 769. The summed E-state index contributed by atoms with van der Waals surface area (Å²) in [5.74, 6) is -2.06. The molecule has 0 aliphatic heterocycles. The van der Waals surface area contributed by atoms with Crippen molar-refractivity contribution in [3.8, 4) is 11.5 Å². The fourth-order valence-electron chi connectivity index (χ4n) is 1.60. The van der Waals surface area contributed by atoms with Gasteiger partial charge >= 0.3 is 11.7 Å². The molecule has 9 heteroatoms. The minimum absolute atomic E-state index is 0.182. The highest BCUT2D eigenvalue weighted by molar-refractivity contribution is 6.35. The second kappa shape index (κ2) is 7.26. The summed E-state index contributed by atoms with van der Waals surface area (Å²) in [6.45, 7) is -0.574. The zero-order valence-electron chi connectivity index (χ0n) is 11.3. The van der Waals surface area contributed by atoms with Crippen LogP contribution in [0.1, 0.15) is 0 Å². The average molecular weight is 360 g/mol. The quantitative estimate of drug-likeness (QED) is 0.348. The first-order valence-electron chi connectivity index (χ1n) is 6.09. The molecule has 2 aromatic rings. The molecule has 6 nitrogen and oxygen atoms in total. The summed E-state index contributed by atoms with van der Waals surface area (Å²) in [5.41, 5.74) is -0.538. The van der Waals surface area contributed by atoms with Gasteiger partial charge in [-0.25, -0.2) is 9.18 Å². The fraction of sp³-hybridized carbons (Fsp3) is 0.0714. The summed E-state index contributed by atoms with van der Waals surface area (Å²) in [6.07, 6.45) is 0. The van der Waals surface area contributed by atoms with Gasteiger partial charge in [0.2, 0.25) is 5.75 Å². The third-order valence-electron chi connectivity index (χ3n) is 2.58. The Kier molecular flexibility index (Phi) is 5.36. The van der Waals surface area contributed by atoms with Gasteiger partial charge in [-0.2, -0.15) is 0 Å². The Morgan fingerprint density at radius 2 is 1.91 bits per heavy atom. The molecule has 0 radical (unpaired) electrons. The Hall–Kier alpha value is -2.38. The van der Waals surface area contributed by atoms with E-state index in [1.54, 1.807) is 0 Å². The van der Waals surface area contributed by atoms with E-state index in [-0.39, 0.29) is 10.8 Å². The van der Waals surface area contributed by atoms with E-state index in [9.17, 15) is 19.3 Å². The van der Waals surface area contributed by atoms with Crippen molar-refractivity contribution in [3.63, 3.8) is 0 Å². The smallest absolute Gasteiger partial charge is 0.349 e. The third-order valence-corrected chi connectivity index (χ3v) is 3.11. The molecule has 0 spiro atoms. The minimum Gasteiger partial charge on any atom is -0.480 e. The monoisotopic (exact) mass is 359 g/mol. The molecule has 23 heavy (non-hydrogen) atoms. The first kappa shape index (κ1) is 17.0. The van der Waals surface area contributed by atoms with E-state index in [0.717, 1.165) is 18.2 Å². The predicted octanol–water partition coefficient (Wildman–Crippen LogP) is 4.03. The van der Waals surface area contributed by atoms with Crippen molar-refractivity contribution in [3.05, 3.63) is 62.4 Å². The summed E-state index contributed by atoms with van der Waals surface area (Å²) < 4.78 is 23.0. The van der Waals surface area contributed by atoms with Crippen molar-refractivity contribution in [1.29, 1.82) is 0 Å². The van der Waals surface area contributed by atoms with Gasteiger partial charge in [-0.15, -0.1) is 0 Å². The lowest BCUT2D eigenvalue weighted by molar-refractivity contribution is -0.385. The molecule has 0 saturated heterocycles. The van der Waals surface area contributed by atoms with Gasteiger partial charge in [0.15, 0.2) is 6.61 Å². The number of carbonyl (C=O) groups excluding carboxylic acids is 1. The number of carbonyl (C=O) groups is 1. The number of nitrogens with zero attached hydrogens (tertiary/aromatic N) is 1. The molecule has 0 unspecified atom stereocenters. The summed E-state index contributed by atoms with van der Waals surface area (Å²) in [5, 5.41) is 11.4. The first-order valence-corrected chi connectivity index (χ1v) is 6.85. The minimum atomic E-state index is -0.954. The lowest BCUT2D eigenvalue weighted by Gasteiger charge is -2.08. The highest BCUT2D eigenvalue weighted by atomic mass is 35.5. The molecule has 120 valence electrons. The maximum atomic E-state index is 13.1. The molecule has 0 amide bonds. The maximum absolute atomic E-state index is 13.1. The van der Waals surface area contributed by atoms with E-state index in [4.69, 9.17) is 32.7 Å². The van der Waals surface area contributed by atoms with E-state index < -0.39 is 34.8 Å². The molecule has 0 atom stereocenters. The highest BCUT2D eigenvalue weighted by Crippen LogP contribution is 2.29. The number of benzene rings is 2. The van der Waals surface area contributed by atoms with Crippen LogP contribution in [-0.2, 0) is 4.79 Å². The van der Waals surface area contributed by atoms with E-state index in [0.29, 0.717) is 5.02 Å². The van der Waals surface area contributed by atoms with Crippen LogP contribution in [0.25, 0.3) is 0 Å². The number of rotatable bonds is 5. The number of ether oxygens (including phenoxy) is 2. The molecular formula is C14H8Cl2FNO5. The van der Waals surface area contributed by atoms with Gasteiger partial charge in [0.05, 0.1) is 9.95 Å². The number of esters is 1. The summed E-state index contributed by atoms with van der Waals surface area (Å²) in [6, 6.07) is 6.90. The lowest BCUT2D eigenvalue weighted by Crippen LogP contribution is -2.18. The van der Waals surface area contributed by atoms with E-state index >= 15 is 0 Å². The van der Waals surface area contributed by atoms with Gasteiger partial charge < -0.3 is 9.47 Å². The third kappa shape index (κ3) is 4.54. The number of nitro groups is 1. The van der Waals surface area contributed by atoms with Crippen molar-refractivity contribution >= 4 is 34.9 Å². The van der Waals surface area contributed by atoms with Crippen LogP contribution in [0.5, 0.6) is 11.5 Å². The molecule has 2 rings (SSSR count). The van der Waals surface area contributed by atoms with Gasteiger partial charge in [0, 0.05) is 17.2 Å². The number of halogens is 3. The molecule has 0 N–H and O–H groups in total. The topological polar surface area (TPSA) is 78.7 Å². The molecular weight excluding hydrogens is 352 g/mol. The fourth-order valence-corrected chi connectivity index (χ4v) is 2.06. The normalized spacial score (nSPS) is 10.2. The van der Waals surface area contributed by atoms with Crippen molar-refractivity contribution in [1.82, 2.24) is 0 Å². The molecule has 0 bridgehead atoms. The Morgan fingerprint density at radius 3 is 2.57 bits per heavy atom. The van der Waals surface area contributed by atoms with E-state index in [2.05, 4.69) is 0 Å². The summed E-state index contributed by atoms with van der Waals surface area (Å²) >= 11 is 11.6.